The number of carbonyl (C=O) groups is 2. The van der Waals surface area contributed by atoms with Gasteiger partial charge in [-0.15, -0.1) is 0 Å². The summed E-state index contributed by atoms with van der Waals surface area (Å²) in [5.74, 6) is -0.252. The number of hydrogen-bond donors (Lipinski definition) is 3. The largest absolute Gasteiger partial charge is 0.398 e. The molecule has 1 aromatic carbocycles. The maximum absolute atomic E-state index is 12.1. The molecule has 0 bridgehead atoms. The van der Waals surface area contributed by atoms with Gasteiger partial charge in [0.15, 0.2) is 0 Å². The Balaban J connectivity index is 2.65. The van der Waals surface area contributed by atoms with Gasteiger partial charge < -0.3 is 16.4 Å². The number of nitrogens with zero attached hydrogens (tertiary/aromatic N) is 1. The Kier molecular flexibility index (Phi) is 6.68. The molecule has 4 N–H and O–H groups in total. The van der Waals surface area contributed by atoms with Crippen LogP contribution in [0, 0.1) is 6.92 Å². The van der Waals surface area contributed by atoms with E-state index in [1.54, 1.807) is 19.2 Å². The van der Waals surface area contributed by atoms with Crippen LogP contribution < -0.4 is 16.4 Å². The smallest absolute Gasteiger partial charge is 0.238 e. The van der Waals surface area contributed by atoms with E-state index in [4.69, 9.17) is 5.73 Å². The molecule has 0 aliphatic rings. The number of benzene rings is 1. The summed E-state index contributed by atoms with van der Waals surface area (Å²) >= 11 is 0. The van der Waals surface area contributed by atoms with Crippen LogP contribution in [0.3, 0.4) is 0 Å². The van der Waals surface area contributed by atoms with Gasteiger partial charge in [0, 0.05) is 18.4 Å². The van der Waals surface area contributed by atoms with Gasteiger partial charge in [0.05, 0.1) is 13.1 Å². The summed E-state index contributed by atoms with van der Waals surface area (Å²) in [7, 11) is 1.59. The zero-order chi connectivity index (χ0) is 15.8. The highest BCUT2D eigenvalue weighted by Crippen LogP contribution is 2.20. The molecule has 0 aliphatic carbocycles. The molecule has 0 aliphatic heterocycles. The van der Waals surface area contributed by atoms with Gasteiger partial charge in [0.2, 0.25) is 11.8 Å². The van der Waals surface area contributed by atoms with E-state index < -0.39 is 0 Å². The summed E-state index contributed by atoms with van der Waals surface area (Å²) in [5.41, 5.74) is 8.01. The predicted octanol–water partition coefficient (Wildman–Crippen LogP) is 0.974. The number of nitrogen functional groups attached to an aromatic ring is 1. The van der Waals surface area contributed by atoms with Crippen LogP contribution in [0.1, 0.15) is 18.9 Å². The number of rotatable bonds is 7. The Hall–Kier alpha value is -2.08. The molecule has 0 radical (unpaired) electrons. The second kappa shape index (κ2) is 8.26. The van der Waals surface area contributed by atoms with E-state index in [0.717, 1.165) is 12.0 Å². The van der Waals surface area contributed by atoms with Crippen molar-refractivity contribution in [3.05, 3.63) is 23.8 Å². The van der Waals surface area contributed by atoms with Crippen molar-refractivity contribution in [3.8, 4) is 0 Å². The molecule has 0 fully saturated rings. The highest BCUT2D eigenvalue weighted by molar-refractivity contribution is 5.94. The van der Waals surface area contributed by atoms with E-state index in [9.17, 15) is 9.59 Å². The normalized spacial score (nSPS) is 10.5. The van der Waals surface area contributed by atoms with Crippen molar-refractivity contribution < 1.29 is 9.59 Å². The maximum atomic E-state index is 12.1. The third kappa shape index (κ3) is 5.43. The van der Waals surface area contributed by atoms with E-state index >= 15 is 0 Å². The molecule has 21 heavy (non-hydrogen) atoms. The van der Waals surface area contributed by atoms with E-state index in [2.05, 4.69) is 10.6 Å². The molecule has 0 atom stereocenters. The topological polar surface area (TPSA) is 87.5 Å². The molecule has 0 spiro atoms. The molecule has 1 rings (SSSR count). The molecular weight excluding hydrogens is 268 g/mol. The van der Waals surface area contributed by atoms with Crippen molar-refractivity contribution in [3.63, 3.8) is 0 Å². The Morgan fingerprint density at radius 3 is 2.52 bits per heavy atom. The average Bonchev–Trinajstić information content (AvgIpc) is 2.44. The Morgan fingerprint density at radius 1 is 1.24 bits per heavy atom. The Bertz CT molecular complexity index is 502. The lowest BCUT2D eigenvalue weighted by molar-refractivity contribution is -0.123. The summed E-state index contributed by atoms with van der Waals surface area (Å²) < 4.78 is 0. The molecular formula is C15H24N4O2. The van der Waals surface area contributed by atoms with E-state index in [-0.39, 0.29) is 24.9 Å². The SMILES string of the molecule is CCCN(CC(=O)NC)CC(=O)Nc1cccc(N)c1C. The molecule has 0 unspecified atom stereocenters. The quantitative estimate of drug-likeness (QED) is 0.654. The predicted molar refractivity (Wildman–Crippen MR) is 85.0 cm³/mol. The minimum Gasteiger partial charge on any atom is -0.398 e. The van der Waals surface area contributed by atoms with Crippen molar-refractivity contribution >= 4 is 23.2 Å². The van der Waals surface area contributed by atoms with Crippen LogP contribution in [-0.4, -0.2) is 43.4 Å². The molecule has 116 valence electrons. The zero-order valence-electron chi connectivity index (χ0n) is 12.9. The van der Waals surface area contributed by atoms with Crippen molar-refractivity contribution in [1.29, 1.82) is 0 Å². The second-order valence-corrected chi connectivity index (χ2v) is 4.95. The van der Waals surface area contributed by atoms with Crippen LogP contribution in [0.5, 0.6) is 0 Å². The standard InChI is InChI=1S/C15H24N4O2/c1-4-8-19(9-14(20)17-3)10-15(21)18-13-7-5-6-12(16)11(13)2/h5-7H,4,8-10,16H2,1-3H3,(H,17,20)(H,18,21). The highest BCUT2D eigenvalue weighted by atomic mass is 16.2. The minimum absolute atomic E-state index is 0.101. The van der Waals surface area contributed by atoms with Gasteiger partial charge in [0.25, 0.3) is 0 Å². The number of nitrogens with one attached hydrogen (secondary N) is 2. The van der Waals surface area contributed by atoms with Crippen LogP contribution in [0.4, 0.5) is 11.4 Å². The molecule has 0 saturated carbocycles. The van der Waals surface area contributed by atoms with E-state index in [1.807, 2.05) is 24.8 Å². The average molecular weight is 292 g/mol. The lowest BCUT2D eigenvalue weighted by Gasteiger charge is -2.20. The van der Waals surface area contributed by atoms with Crippen LogP contribution in [0.25, 0.3) is 0 Å². The lowest BCUT2D eigenvalue weighted by atomic mass is 10.1. The van der Waals surface area contributed by atoms with Crippen molar-refractivity contribution in [2.75, 3.05) is 37.7 Å². The first-order chi connectivity index (χ1) is 9.97. The second-order valence-electron chi connectivity index (χ2n) is 4.95. The van der Waals surface area contributed by atoms with Gasteiger partial charge >= 0.3 is 0 Å². The first-order valence-corrected chi connectivity index (χ1v) is 7.05. The maximum Gasteiger partial charge on any atom is 0.238 e. The number of likely N-dealkylation sites (N-methyl/N-ethyl adjacent to an activating group) is 1. The van der Waals surface area contributed by atoms with Gasteiger partial charge in [-0.25, -0.2) is 0 Å². The van der Waals surface area contributed by atoms with Crippen molar-refractivity contribution in [2.45, 2.75) is 20.3 Å². The van der Waals surface area contributed by atoms with Gasteiger partial charge in [-0.05, 0) is 37.6 Å². The van der Waals surface area contributed by atoms with Crippen molar-refractivity contribution in [1.82, 2.24) is 10.2 Å². The van der Waals surface area contributed by atoms with Crippen LogP contribution in [-0.2, 0) is 9.59 Å². The van der Waals surface area contributed by atoms with Crippen LogP contribution >= 0.6 is 0 Å². The molecule has 0 heterocycles. The van der Waals surface area contributed by atoms with Crippen LogP contribution in [0.15, 0.2) is 18.2 Å². The molecule has 0 saturated heterocycles. The third-order valence-corrected chi connectivity index (χ3v) is 3.20. The van der Waals surface area contributed by atoms with Gasteiger partial charge in [-0.1, -0.05) is 13.0 Å². The molecule has 2 amide bonds. The summed E-state index contributed by atoms with van der Waals surface area (Å²) in [4.78, 5) is 25.4. The third-order valence-electron chi connectivity index (χ3n) is 3.20. The Labute approximate surface area is 125 Å². The first kappa shape index (κ1) is 17.0. The summed E-state index contributed by atoms with van der Waals surface area (Å²) in [6, 6.07) is 5.40. The number of carbonyl (C=O) groups excluding carboxylic acids is 2. The number of anilines is 2. The summed E-state index contributed by atoms with van der Waals surface area (Å²) in [6.45, 7) is 4.95. The number of hydrogen-bond acceptors (Lipinski definition) is 4. The zero-order valence-corrected chi connectivity index (χ0v) is 12.9. The van der Waals surface area contributed by atoms with Crippen LogP contribution in [0.2, 0.25) is 0 Å². The van der Waals surface area contributed by atoms with E-state index in [1.165, 1.54) is 0 Å². The van der Waals surface area contributed by atoms with Gasteiger partial charge in [-0.2, -0.15) is 0 Å². The Morgan fingerprint density at radius 2 is 1.90 bits per heavy atom. The fourth-order valence-corrected chi connectivity index (χ4v) is 1.99. The minimum atomic E-state index is -0.152. The molecule has 0 aromatic heterocycles. The first-order valence-electron chi connectivity index (χ1n) is 7.05. The number of amides is 2. The van der Waals surface area contributed by atoms with E-state index in [0.29, 0.717) is 17.9 Å². The highest BCUT2D eigenvalue weighted by Gasteiger charge is 2.14. The fraction of sp³-hybridized carbons (Fsp3) is 0.467. The summed E-state index contributed by atoms with van der Waals surface area (Å²) in [5, 5.41) is 5.40. The monoisotopic (exact) mass is 292 g/mol. The molecule has 1 aromatic rings. The number of nitrogens with two attached hydrogens (primary N) is 1. The van der Waals surface area contributed by atoms with Crippen molar-refractivity contribution in [2.24, 2.45) is 0 Å². The van der Waals surface area contributed by atoms with Gasteiger partial charge in [0.1, 0.15) is 0 Å². The lowest BCUT2D eigenvalue weighted by Crippen LogP contribution is -2.40. The molecule has 6 nitrogen and oxygen atoms in total. The fourth-order valence-electron chi connectivity index (χ4n) is 1.99. The summed E-state index contributed by atoms with van der Waals surface area (Å²) in [6.07, 6.45) is 0.877. The van der Waals surface area contributed by atoms with Gasteiger partial charge in [-0.3, -0.25) is 14.5 Å². The molecule has 6 heteroatoms.